The van der Waals surface area contributed by atoms with Crippen molar-refractivity contribution in [3.63, 3.8) is 0 Å². The number of benzene rings is 1. The van der Waals surface area contributed by atoms with Crippen LogP contribution in [0.15, 0.2) is 30.6 Å². The van der Waals surface area contributed by atoms with Gasteiger partial charge in [0.25, 0.3) is 0 Å². The molecule has 2 heterocycles. The molecule has 7 heteroatoms. The summed E-state index contributed by atoms with van der Waals surface area (Å²) in [6, 6.07) is 7.75. The Morgan fingerprint density at radius 3 is 2.73 bits per heavy atom. The van der Waals surface area contributed by atoms with E-state index in [4.69, 9.17) is 9.47 Å². The number of piperazine rings is 1. The first-order valence-electron chi connectivity index (χ1n) is 10.7. The number of hydrogen-bond acceptors (Lipinski definition) is 6. The normalized spacial score (nSPS) is 16.5. The number of anilines is 1. The van der Waals surface area contributed by atoms with Crippen molar-refractivity contribution in [2.45, 2.75) is 52.5 Å². The monoisotopic (exact) mass is 412 g/mol. The molecule has 0 bridgehead atoms. The maximum atomic E-state index is 12.5. The van der Waals surface area contributed by atoms with Gasteiger partial charge in [0.05, 0.1) is 7.11 Å². The lowest BCUT2D eigenvalue weighted by molar-refractivity contribution is -0.133. The van der Waals surface area contributed by atoms with E-state index in [2.05, 4.69) is 28.7 Å². The Hall–Kier alpha value is -2.83. The zero-order valence-corrected chi connectivity index (χ0v) is 18.4. The van der Waals surface area contributed by atoms with Crippen molar-refractivity contribution in [2.24, 2.45) is 0 Å². The van der Waals surface area contributed by atoms with Gasteiger partial charge < -0.3 is 19.3 Å². The molecule has 0 radical (unpaired) electrons. The van der Waals surface area contributed by atoms with Crippen LogP contribution in [0.3, 0.4) is 0 Å². The summed E-state index contributed by atoms with van der Waals surface area (Å²) in [6.07, 6.45) is 5.36. The molecule has 162 valence electrons. The number of unbranched alkanes of at least 4 members (excludes halogenated alkanes) is 2. The van der Waals surface area contributed by atoms with Crippen LogP contribution in [0.2, 0.25) is 0 Å². The molecule has 7 nitrogen and oxygen atoms in total. The van der Waals surface area contributed by atoms with E-state index >= 15 is 0 Å². The third-order valence-electron chi connectivity index (χ3n) is 5.43. The summed E-state index contributed by atoms with van der Waals surface area (Å²) < 4.78 is 11.4. The van der Waals surface area contributed by atoms with Gasteiger partial charge in [-0.2, -0.15) is 0 Å². The van der Waals surface area contributed by atoms with Crippen molar-refractivity contribution in [3.8, 4) is 17.4 Å². The maximum absolute atomic E-state index is 12.5. The predicted molar refractivity (Wildman–Crippen MR) is 117 cm³/mol. The van der Waals surface area contributed by atoms with E-state index < -0.39 is 0 Å². The summed E-state index contributed by atoms with van der Waals surface area (Å²) in [5.74, 6) is 2.81. The number of aryl methyl sites for hydroxylation is 1. The lowest BCUT2D eigenvalue weighted by Crippen LogP contribution is -2.54. The lowest BCUT2D eigenvalue weighted by atomic mass is 10.1. The third-order valence-corrected chi connectivity index (χ3v) is 5.43. The Morgan fingerprint density at radius 1 is 1.17 bits per heavy atom. The molecular weight excluding hydrogens is 380 g/mol. The van der Waals surface area contributed by atoms with Crippen LogP contribution in [0.5, 0.6) is 17.4 Å². The van der Waals surface area contributed by atoms with Crippen molar-refractivity contribution in [1.29, 1.82) is 0 Å². The van der Waals surface area contributed by atoms with Gasteiger partial charge in [-0.15, -0.1) is 0 Å². The minimum atomic E-state index is 0.143. The van der Waals surface area contributed by atoms with Gasteiger partial charge in [0.1, 0.15) is 12.1 Å². The number of carbonyl (C=O) groups is 1. The van der Waals surface area contributed by atoms with E-state index in [-0.39, 0.29) is 11.9 Å². The van der Waals surface area contributed by atoms with Gasteiger partial charge in [0, 0.05) is 38.2 Å². The smallest absolute Gasteiger partial charge is 0.224 e. The summed E-state index contributed by atoms with van der Waals surface area (Å²) in [6.45, 7) is 8.45. The minimum absolute atomic E-state index is 0.143. The zero-order valence-electron chi connectivity index (χ0n) is 18.4. The van der Waals surface area contributed by atoms with E-state index in [0.717, 1.165) is 43.7 Å². The molecule has 2 aromatic rings. The molecule has 1 aliphatic rings. The molecule has 1 aliphatic heterocycles. The fraction of sp³-hybridized carbons (Fsp3) is 0.522. The van der Waals surface area contributed by atoms with Gasteiger partial charge in [0.2, 0.25) is 11.8 Å². The SMILES string of the molecule is CCCCCC(=O)N1CCN(c2cc(Oc3ccc(C)cc3OC)ncn2)CC1C. The van der Waals surface area contributed by atoms with Crippen LogP contribution in [0.25, 0.3) is 0 Å². The Bertz CT molecular complexity index is 858. The van der Waals surface area contributed by atoms with Gasteiger partial charge in [-0.05, 0) is 38.0 Å². The van der Waals surface area contributed by atoms with Crippen molar-refractivity contribution in [2.75, 3.05) is 31.6 Å². The quantitative estimate of drug-likeness (QED) is 0.605. The minimum Gasteiger partial charge on any atom is -0.493 e. The highest BCUT2D eigenvalue weighted by atomic mass is 16.5. The highest BCUT2D eigenvalue weighted by Gasteiger charge is 2.28. The van der Waals surface area contributed by atoms with Gasteiger partial charge in [-0.3, -0.25) is 4.79 Å². The summed E-state index contributed by atoms with van der Waals surface area (Å²) >= 11 is 0. The molecule has 0 spiro atoms. The van der Waals surface area contributed by atoms with Crippen LogP contribution < -0.4 is 14.4 Å². The summed E-state index contributed by atoms with van der Waals surface area (Å²) in [5, 5.41) is 0. The molecule has 30 heavy (non-hydrogen) atoms. The number of nitrogens with zero attached hydrogens (tertiary/aromatic N) is 4. The number of amides is 1. The van der Waals surface area contributed by atoms with Gasteiger partial charge >= 0.3 is 0 Å². The first-order valence-corrected chi connectivity index (χ1v) is 10.7. The molecule has 0 saturated carbocycles. The molecule has 1 aromatic carbocycles. The molecule has 0 N–H and O–H groups in total. The molecule has 1 fully saturated rings. The predicted octanol–water partition coefficient (Wildman–Crippen LogP) is 4.20. The van der Waals surface area contributed by atoms with E-state index in [1.165, 1.54) is 6.33 Å². The first kappa shape index (κ1) is 21.9. The molecular formula is C23H32N4O3. The maximum Gasteiger partial charge on any atom is 0.224 e. The van der Waals surface area contributed by atoms with E-state index in [1.54, 1.807) is 7.11 Å². The molecule has 1 atom stereocenters. The molecule has 1 aromatic heterocycles. The Balaban J connectivity index is 1.65. The lowest BCUT2D eigenvalue weighted by Gasteiger charge is -2.40. The Kier molecular flexibility index (Phi) is 7.49. The van der Waals surface area contributed by atoms with E-state index in [9.17, 15) is 4.79 Å². The van der Waals surface area contributed by atoms with Crippen LogP contribution in [0.1, 0.15) is 45.1 Å². The standard InChI is InChI=1S/C23H32N4O3/c1-5-6-7-8-23(28)27-12-11-26(15-18(27)3)21-14-22(25-16-24-21)30-19-10-9-17(2)13-20(19)29-4/h9-10,13-14,16,18H,5-8,11-12,15H2,1-4H3. The number of rotatable bonds is 8. The van der Waals surface area contributed by atoms with Gasteiger partial charge in [-0.1, -0.05) is 25.8 Å². The fourth-order valence-electron chi connectivity index (χ4n) is 3.74. The van der Waals surface area contributed by atoms with Crippen molar-refractivity contribution in [1.82, 2.24) is 14.9 Å². The van der Waals surface area contributed by atoms with Crippen LogP contribution in [-0.4, -0.2) is 53.6 Å². The van der Waals surface area contributed by atoms with Crippen LogP contribution >= 0.6 is 0 Å². The summed E-state index contributed by atoms with van der Waals surface area (Å²) in [4.78, 5) is 25.4. The molecule has 1 unspecified atom stereocenters. The van der Waals surface area contributed by atoms with E-state index in [1.807, 2.05) is 36.1 Å². The van der Waals surface area contributed by atoms with Crippen LogP contribution in [0.4, 0.5) is 5.82 Å². The first-order chi connectivity index (χ1) is 14.5. The van der Waals surface area contributed by atoms with Crippen LogP contribution in [0, 0.1) is 6.92 Å². The highest BCUT2D eigenvalue weighted by Crippen LogP contribution is 2.32. The number of methoxy groups -OCH3 is 1. The fourth-order valence-corrected chi connectivity index (χ4v) is 3.74. The van der Waals surface area contributed by atoms with Gasteiger partial charge in [-0.25, -0.2) is 9.97 Å². The second-order valence-electron chi connectivity index (χ2n) is 7.81. The second kappa shape index (κ2) is 10.3. The largest absolute Gasteiger partial charge is 0.493 e. The molecule has 1 saturated heterocycles. The van der Waals surface area contributed by atoms with Crippen molar-refractivity contribution >= 4 is 11.7 Å². The third kappa shape index (κ3) is 5.40. The van der Waals surface area contributed by atoms with Gasteiger partial charge in [0.15, 0.2) is 11.5 Å². The zero-order chi connectivity index (χ0) is 21.5. The molecule has 0 aliphatic carbocycles. The molecule has 3 rings (SSSR count). The number of aromatic nitrogens is 2. The Morgan fingerprint density at radius 2 is 2.00 bits per heavy atom. The number of carbonyl (C=O) groups excluding carboxylic acids is 1. The van der Waals surface area contributed by atoms with Crippen LogP contribution in [-0.2, 0) is 4.79 Å². The summed E-state index contributed by atoms with van der Waals surface area (Å²) in [7, 11) is 1.62. The topological polar surface area (TPSA) is 67.8 Å². The Labute approximate surface area is 179 Å². The van der Waals surface area contributed by atoms with Crippen molar-refractivity contribution in [3.05, 3.63) is 36.2 Å². The number of ether oxygens (including phenoxy) is 2. The molecule has 1 amide bonds. The highest BCUT2D eigenvalue weighted by molar-refractivity contribution is 5.76. The average molecular weight is 413 g/mol. The average Bonchev–Trinajstić information content (AvgIpc) is 2.75. The van der Waals surface area contributed by atoms with Crippen molar-refractivity contribution < 1.29 is 14.3 Å². The van der Waals surface area contributed by atoms with E-state index in [0.29, 0.717) is 30.3 Å². The number of hydrogen-bond donors (Lipinski definition) is 0. The second-order valence-corrected chi connectivity index (χ2v) is 7.81. The summed E-state index contributed by atoms with van der Waals surface area (Å²) in [5.41, 5.74) is 1.10.